The number of imide groups is 1. The zero-order chi connectivity index (χ0) is 15.8. The molecule has 0 aromatic heterocycles. The minimum Gasteiger partial charge on any atom is -0.361 e. The van der Waals surface area contributed by atoms with Gasteiger partial charge in [0.2, 0.25) is 11.8 Å². The van der Waals surface area contributed by atoms with Gasteiger partial charge in [0.05, 0.1) is 23.6 Å². The summed E-state index contributed by atoms with van der Waals surface area (Å²) in [5, 5.41) is 0. The van der Waals surface area contributed by atoms with Gasteiger partial charge in [-0.25, -0.2) is 4.90 Å². The van der Waals surface area contributed by atoms with Crippen LogP contribution in [0, 0.1) is 11.8 Å². The molecule has 2 bridgehead atoms. The molecule has 114 valence electrons. The Bertz CT molecular complexity index is 847. The Morgan fingerprint density at radius 3 is 2.43 bits per heavy atom. The topological polar surface area (TPSA) is 46.6 Å². The van der Waals surface area contributed by atoms with E-state index in [4.69, 9.17) is 4.74 Å². The second kappa shape index (κ2) is 4.09. The number of amides is 2. The van der Waals surface area contributed by atoms with Gasteiger partial charge in [-0.1, -0.05) is 42.5 Å². The molecule has 5 rings (SSSR count). The Labute approximate surface area is 133 Å². The fourth-order valence-corrected chi connectivity index (χ4v) is 4.50. The molecule has 2 aromatic rings. The van der Waals surface area contributed by atoms with Crippen LogP contribution in [0.4, 0.5) is 5.69 Å². The fourth-order valence-electron chi connectivity index (χ4n) is 4.50. The number of hydrogen-bond donors (Lipinski definition) is 0. The van der Waals surface area contributed by atoms with Crippen molar-refractivity contribution in [1.82, 2.24) is 0 Å². The van der Waals surface area contributed by atoms with Crippen molar-refractivity contribution in [2.75, 3.05) is 4.90 Å². The number of para-hydroxylation sites is 1. The molecule has 3 heterocycles. The average Bonchev–Trinajstić information content (AvgIpc) is 3.14. The van der Waals surface area contributed by atoms with E-state index >= 15 is 0 Å². The Morgan fingerprint density at radius 1 is 0.957 bits per heavy atom. The van der Waals surface area contributed by atoms with Gasteiger partial charge in [-0.15, -0.1) is 0 Å². The molecule has 0 spiro atoms. The van der Waals surface area contributed by atoms with E-state index in [1.54, 1.807) is 12.1 Å². The minimum atomic E-state index is -0.706. The van der Waals surface area contributed by atoms with Gasteiger partial charge in [-0.2, -0.15) is 0 Å². The van der Waals surface area contributed by atoms with E-state index in [0.29, 0.717) is 5.69 Å². The molecule has 23 heavy (non-hydrogen) atoms. The summed E-state index contributed by atoms with van der Waals surface area (Å²) < 4.78 is 6.15. The summed E-state index contributed by atoms with van der Waals surface area (Å²) >= 11 is 0. The first-order chi connectivity index (χ1) is 11.1. The van der Waals surface area contributed by atoms with E-state index < -0.39 is 17.4 Å². The number of anilines is 1. The molecule has 0 saturated carbocycles. The summed E-state index contributed by atoms with van der Waals surface area (Å²) in [6, 6.07) is 17.1. The lowest BCUT2D eigenvalue weighted by atomic mass is 9.70. The number of fused-ring (bicyclic) bond motifs is 8. The highest BCUT2D eigenvalue weighted by atomic mass is 16.5. The molecule has 2 aromatic carbocycles. The van der Waals surface area contributed by atoms with Crippen LogP contribution in [0.2, 0.25) is 0 Å². The summed E-state index contributed by atoms with van der Waals surface area (Å²) in [7, 11) is 0. The lowest BCUT2D eigenvalue weighted by Crippen LogP contribution is -2.38. The van der Waals surface area contributed by atoms with Crippen LogP contribution < -0.4 is 4.90 Å². The third kappa shape index (κ3) is 1.40. The number of ether oxygens (including phenoxy) is 1. The first-order valence-corrected chi connectivity index (χ1v) is 7.83. The zero-order valence-corrected chi connectivity index (χ0v) is 12.6. The molecule has 4 unspecified atom stereocenters. The summed E-state index contributed by atoms with van der Waals surface area (Å²) in [5.74, 6) is -1.14. The second-order valence-corrected chi connectivity index (χ2v) is 6.58. The van der Waals surface area contributed by atoms with Gasteiger partial charge in [0.1, 0.15) is 5.60 Å². The number of carbonyl (C=O) groups excluding carboxylic acids is 2. The molecule has 0 radical (unpaired) electrons. The van der Waals surface area contributed by atoms with E-state index in [1.807, 2.05) is 49.4 Å². The highest BCUT2D eigenvalue weighted by Crippen LogP contribution is 2.63. The summed E-state index contributed by atoms with van der Waals surface area (Å²) in [5.41, 5.74) is 2.03. The summed E-state index contributed by atoms with van der Waals surface area (Å²) in [6.45, 7) is 1.94. The van der Waals surface area contributed by atoms with Crippen LogP contribution in [0.15, 0.2) is 54.6 Å². The molecule has 3 aliphatic heterocycles. The lowest BCUT2D eigenvalue weighted by Gasteiger charge is -2.28. The molecule has 2 amide bonds. The van der Waals surface area contributed by atoms with Crippen molar-refractivity contribution in [3.63, 3.8) is 0 Å². The van der Waals surface area contributed by atoms with Crippen LogP contribution in [-0.4, -0.2) is 11.8 Å². The third-order valence-electron chi connectivity index (χ3n) is 5.46. The van der Waals surface area contributed by atoms with Crippen molar-refractivity contribution >= 4 is 17.5 Å². The first-order valence-electron chi connectivity index (χ1n) is 7.83. The molecule has 4 atom stereocenters. The Morgan fingerprint density at radius 2 is 1.65 bits per heavy atom. The molecule has 0 N–H and O–H groups in total. The van der Waals surface area contributed by atoms with Crippen LogP contribution >= 0.6 is 0 Å². The van der Waals surface area contributed by atoms with Gasteiger partial charge in [-0.3, -0.25) is 9.59 Å². The highest BCUT2D eigenvalue weighted by Gasteiger charge is 2.69. The molecule has 3 aliphatic rings. The van der Waals surface area contributed by atoms with Crippen molar-refractivity contribution in [3.8, 4) is 0 Å². The summed E-state index contributed by atoms with van der Waals surface area (Å²) in [4.78, 5) is 27.3. The molecular weight excluding hydrogens is 290 g/mol. The van der Waals surface area contributed by atoms with Crippen LogP contribution in [0.1, 0.15) is 24.2 Å². The van der Waals surface area contributed by atoms with Crippen molar-refractivity contribution in [1.29, 1.82) is 0 Å². The zero-order valence-electron chi connectivity index (χ0n) is 12.6. The molecule has 4 heteroatoms. The maximum absolute atomic E-state index is 13.0. The van der Waals surface area contributed by atoms with Gasteiger partial charge in [0.25, 0.3) is 0 Å². The van der Waals surface area contributed by atoms with Gasteiger partial charge < -0.3 is 4.74 Å². The Balaban J connectivity index is 1.66. The van der Waals surface area contributed by atoms with Crippen molar-refractivity contribution in [2.24, 2.45) is 11.8 Å². The van der Waals surface area contributed by atoms with Crippen molar-refractivity contribution in [3.05, 3.63) is 65.7 Å². The van der Waals surface area contributed by atoms with Crippen LogP contribution in [0.3, 0.4) is 0 Å². The number of carbonyl (C=O) groups is 2. The van der Waals surface area contributed by atoms with Crippen LogP contribution in [-0.2, 0) is 19.9 Å². The maximum atomic E-state index is 13.0. The predicted molar refractivity (Wildman–Crippen MR) is 83.5 cm³/mol. The molecule has 2 fully saturated rings. The number of hydrogen-bond acceptors (Lipinski definition) is 3. The van der Waals surface area contributed by atoms with Crippen molar-refractivity contribution in [2.45, 2.75) is 18.6 Å². The average molecular weight is 305 g/mol. The lowest BCUT2D eigenvalue weighted by molar-refractivity contribution is -0.128. The normalized spacial score (nSPS) is 34.0. The molecular formula is C19H15NO3. The van der Waals surface area contributed by atoms with Gasteiger partial charge in [0, 0.05) is 0 Å². The molecule has 0 aliphatic carbocycles. The predicted octanol–water partition coefficient (Wildman–Crippen LogP) is 2.79. The highest BCUT2D eigenvalue weighted by molar-refractivity contribution is 6.23. The van der Waals surface area contributed by atoms with Gasteiger partial charge >= 0.3 is 0 Å². The first kappa shape index (κ1) is 13.0. The monoisotopic (exact) mass is 305 g/mol. The minimum absolute atomic E-state index is 0.144. The largest absolute Gasteiger partial charge is 0.361 e. The number of rotatable bonds is 1. The smallest absolute Gasteiger partial charge is 0.241 e. The Kier molecular flexibility index (Phi) is 2.31. The van der Waals surface area contributed by atoms with Crippen molar-refractivity contribution < 1.29 is 14.3 Å². The van der Waals surface area contributed by atoms with E-state index in [0.717, 1.165) is 11.1 Å². The van der Waals surface area contributed by atoms with E-state index in [-0.39, 0.29) is 17.9 Å². The standard InChI is InChI=1S/C19H15NO3/c1-19-13-10-6-5-9-12(13)16(23-19)14-15(19)18(22)20(17(14)21)11-7-3-2-4-8-11/h2-10,14-16H,1H3. The SMILES string of the molecule is CC12OC(c3ccccc31)C1C(=O)N(c3ccccc3)C(=O)C12. The van der Waals surface area contributed by atoms with E-state index in [1.165, 1.54) is 4.90 Å². The third-order valence-corrected chi connectivity index (χ3v) is 5.46. The fraction of sp³-hybridized carbons (Fsp3) is 0.263. The maximum Gasteiger partial charge on any atom is 0.241 e. The van der Waals surface area contributed by atoms with E-state index in [2.05, 4.69) is 0 Å². The van der Waals surface area contributed by atoms with E-state index in [9.17, 15) is 9.59 Å². The number of benzene rings is 2. The molecule has 4 nitrogen and oxygen atoms in total. The Hall–Kier alpha value is -2.46. The summed E-state index contributed by atoms with van der Waals surface area (Å²) in [6.07, 6.45) is -0.314. The van der Waals surface area contributed by atoms with Gasteiger partial charge in [-0.05, 0) is 30.2 Å². The molecule has 2 saturated heterocycles. The van der Waals surface area contributed by atoms with Gasteiger partial charge in [0.15, 0.2) is 0 Å². The van der Waals surface area contributed by atoms with Crippen LogP contribution in [0.25, 0.3) is 0 Å². The second-order valence-electron chi connectivity index (χ2n) is 6.58. The number of nitrogens with zero attached hydrogens (tertiary/aromatic N) is 1. The quantitative estimate of drug-likeness (QED) is 0.761. The van der Waals surface area contributed by atoms with Crippen LogP contribution in [0.5, 0.6) is 0 Å².